The molecule has 2 N–H and O–H groups in total. The van der Waals surface area contributed by atoms with Crippen LogP contribution >= 0.6 is 0 Å². The van der Waals surface area contributed by atoms with Gasteiger partial charge in [-0.05, 0) is 131 Å². The predicted molar refractivity (Wildman–Crippen MR) is 246 cm³/mol. The van der Waals surface area contributed by atoms with Crippen molar-refractivity contribution >= 4 is 38.9 Å². The lowest BCUT2D eigenvalue weighted by Gasteiger charge is -2.46. The van der Waals surface area contributed by atoms with E-state index >= 15 is 4.39 Å². The number of rotatable bonds is 9. The lowest BCUT2D eigenvalue weighted by atomic mass is 9.71. The van der Waals surface area contributed by atoms with Crippen LogP contribution in [0.15, 0.2) is 84.0 Å². The molecule has 3 amide bonds. The van der Waals surface area contributed by atoms with Crippen molar-refractivity contribution in [3.63, 3.8) is 0 Å². The summed E-state index contributed by atoms with van der Waals surface area (Å²) in [5, 5.41) is 13.9. The second-order valence-electron chi connectivity index (χ2n) is 19.4. The zero-order chi connectivity index (χ0) is 45.6. The van der Waals surface area contributed by atoms with Gasteiger partial charge in [-0.25, -0.2) is 36.3 Å². The number of halogens is 1. The van der Waals surface area contributed by atoms with Gasteiger partial charge in [-0.1, -0.05) is 56.3 Å². The molecule has 8 rings (SSSR count). The highest BCUT2D eigenvalue weighted by Gasteiger charge is 2.40. The summed E-state index contributed by atoms with van der Waals surface area (Å²) in [7, 11) is -4.20. The summed E-state index contributed by atoms with van der Waals surface area (Å²) in [6, 6.07) is 20.0. The number of likely N-dealkylation sites (tertiary alicyclic amines) is 3. The third-order valence-corrected chi connectivity index (χ3v) is 14.9. The second kappa shape index (κ2) is 17.9. The van der Waals surface area contributed by atoms with Crippen LogP contribution < -0.4 is 5.32 Å². The predicted octanol–water partition coefficient (Wildman–Crippen LogP) is 8.93. The molecule has 0 aliphatic carbocycles. The third kappa shape index (κ3) is 9.52. The number of piperidine rings is 2. The molecule has 13 nitrogen and oxygen atoms in total. The Bertz CT molecular complexity index is 2610. The minimum atomic E-state index is -4.20. The van der Waals surface area contributed by atoms with Crippen LogP contribution in [0.4, 0.5) is 19.7 Å². The number of benzene rings is 3. The van der Waals surface area contributed by atoms with Crippen molar-refractivity contribution in [3.05, 3.63) is 96.1 Å². The van der Waals surface area contributed by atoms with Crippen LogP contribution in [0.1, 0.15) is 77.8 Å². The van der Waals surface area contributed by atoms with Gasteiger partial charge in [0.1, 0.15) is 17.7 Å². The molecular formula is C49H60FN7O6S. The first-order chi connectivity index (χ1) is 30.4. The maximum absolute atomic E-state index is 15.6. The minimum absolute atomic E-state index is 0.0438. The smallest absolute Gasteiger partial charge is 0.410 e. The molecule has 3 fully saturated rings. The Kier molecular flexibility index (Phi) is 12.6. The number of ether oxygens (including phenoxy) is 1. The fourth-order valence-corrected chi connectivity index (χ4v) is 11.2. The van der Waals surface area contributed by atoms with E-state index in [1.165, 1.54) is 22.4 Å². The first kappa shape index (κ1) is 45.2. The largest absolute Gasteiger partial charge is 0.444 e. The highest BCUT2D eigenvalue weighted by atomic mass is 32.2. The highest BCUT2D eigenvalue weighted by molar-refractivity contribution is 7.90. The summed E-state index contributed by atoms with van der Waals surface area (Å²) in [6.07, 6.45) is 5.26. The van der Waals surface area contributed by atoms with E-state index < -0.39 is 33.6 Å². The normalized spacial score (nSPS) is 19.5. The van der Waals surface area contributed by atoms with Crippen molar-refractivity contribution in [2.45, 2.75) is 96.8 Å². The highest BCUT2D eigenvalue weighted by Crippen LogP contribution is 2.42. The van der Waals surface area contributed by atoms with Gasteiger partial charge in [0.2, 0.25) is 0 Å². The first-order valence-electron chi connectivity index (χ1n) is 22.4. The van der Waals surface area contributed by atoms with E-state index in [-0.39, 0.29) is 40.2 Å². The van der Waals surface area contributed by atoms with Crippen LogP contribution in [0.25, 0.3) is 33.5 Å². The molecule has 2 atom stereocenters. The van der Waals surface area contributed by atoms with Crippen LogP contribution in [-0.4, -0.2) is 105 Å². The van der Waals surface area contributed by atoms with Gasteiger partial charge >= 0.3 is 12.1 Å². The number of nitrogens with one attached hydrogen (secondary N) is 1. The number of nitrogens with zero attached hydrogens (tertiary/aromatic N) is 6. The third-order valence-electron chi connectivity index (χ3n) is 13.2. The quantitative estimate of drug-likeness (QED) is 0.148. The fraction of sp³-hybridized carbons (Fsp3) is 0.469. The summed E-state index contributed by atoms with van der Waals surface area (Å²) >= 11 is 0. The first-order valence-corrected chi connectivity index (χ1v) is 23.8. The lowest BCUT2D eigenvalue weighted by Crippen LogP contribution is -2.49. The zero-order valence-electron chi connectivity index (χ0n) is 37.7. The molecule has 0 saturated carbocycles. The van der Waals surface area contributed by atoms with Crippen molar-refractivity contribution in [2.24, 2.45) is 17.3 Å². The molecule has 64 heavy (non-hydrogen) atoms. The number of fused-ring (bicyclic) bond motifs is 1. The number of aliphatic hydroxyl groups excluding tert-OH is 1. The van der Waals surface area contributed by atoms with Gasteiger partial charge in [0.25, 0.3) is 10.0 Å². The Morgan fingerprint density at radius 3 is 2.25 bits per heavy atom. The van der Waals surface area contributed by atoms with Crippen LogP contribution in [0.5, 0.6) is 0 Å². The average Bonchev–Trinajstić information content (AvgIpc) is 3.84. The molecule has 3 aliphatic rings. The molecule has 0 radical (unpaired) electrons. The average molecular weight is 894 g/mol. The molecule has 2 aromatic heterocycles. The molecule has 3 aromatic carbocycles. The van der Waals surface area contributed by atoms with Crippen LogP contribution in [0.2, 0.25) is 0 Å². The Morgan fingerprint density at radius 1 is 0.922 bits per heavy atom. The number of aromatic nitrogens is 3. The molecule has 340 valence electrons. The van der Waals surface area contributed by atoms with Gasteiger partial charge < -0.3 is 25.0 Å². The molecular weight excluding hydrogens is 834 g/mol. The van der Waals surface area contributed by atoms with Crippen LogP contribution in [0, 0.1) is 30.0 Å². The van der Waals surface area contributed by atoms with E-state index in [1.54, 1.807) is 48.2 Å². The number of amides is 3. The van der Waals surface area contributed by atoms with Crippen molar-refractivity contribution < 1.29 is 32.2 Å². The number of carbonyl (C=O) groups is 2. The van der Waals surface area contributed by atoms with E-state index in [4.69, 9.17) is 4.74 Å². The molecule has 0 unspecified atom stereocenters. The summed E-state index contributed by atoms with van der Waals surface area (Å²) in [4.78, 5) is 41.2. The summed E-state index contributed by atoms with van der Waals surface area (Å²) in [5.41, 5.74) is 3.42. The summed E-state index contributed by atoms with van der Waals surface area (Å²) < 4.78 is 51.6. The van der Waals surface area contributed by atoms with E-state index in [0.717, 1.165) is 57.3 Å². The van der Waals surface area contributed by atoms with Gasteiger partial charge in [0, 0.05) is 55.3 Å². The number of hydrogen-bond donors (Lipinski definition) is 2. The Labute approximate surface area is 375 Å². The number of aliphatic hydroxyl groups is 1. The molecule has 3 saturated heterocycles. The molecule has 5 aromatic rings. The number of β-amino-alcohol motifs (C(OH)–C–C–N with tert-alkyl or cyclic N) is 1. The lowest BCUT2D eigenvalue weighted by molar-refractivity contribution is -0.00313. The summed E-state index contributed by atoms with van der Waals surface area (Å²) in [5.74, 6) is -0.291. The molecule has 3 aliphatic heterocycles. The maximum atomic E-state index is 15.6. The zero-order valence-corrected chi connectivity index (χ0v) is 38.5. The molecule has 0 bridgehead atoms. The van der Waals surface area contributed by atoms with Gasteiger partial charge in [-0.15, -0.1) is 0 Å². The Morgan fingerprint density at radius 2 is 1.59 bits per heavy atom. The molecule has 15 heteroatoms. The van der Waals surface area contributed by atoms with Gasteiger partial charge in [-0.3, -0.25) is 4.90 Å². The summed E-state index contributed by atoms with van der Waals surface area (Å²) in [6.45, 7) is 16.2. The number of anilines is 1. The van der Waals surface area contributed by atoms with Gasteiger partial charge in [0.15, 0.2) is 5.65 Å². The topological polar surface area (TPSA) is 150 Å². The maximum Gasteiger partial charge on any atom is 0.410 e. The monoisotopic (exact) mass is 893 g/mol. The fourth-order valence-electron chi connectivity index (χ4n) is 9.67. The Balaban J connectivity index is 1.05. The van der Waals surface area contributed by atoms with Crippen LogP contribution in [0.3, 0.4) is 0 Å². The van der Waals surface area contributed by atoms with Crippen molar-refractivity contribution in [1.29, 1.82) is 0 Å². The van der Waals surface area contributed by atoms with Crippen molar-refractivity contribution in [2.75, 3.05) is 44.6 Å². The molecule has 5 heterocycles. The van der Waals surface area contributed by atoms with E-state index in [0.29, 0.717) is 59.0 Å². The van der Waals surface area contributed by atoms with E-state index in [1.807, 2.05) is 49.9 Å². The number of carbonyl (C=O) groups excluding carboxylic acids is 2. The SMILES string of the molecule is Cc1c(NC(=O)N2C[C@@H](CC(C)C)[C@H](O)C2)cc(F)cc1-c1ncnc2c1cc(-c1ccc(CN3CCC4(CC3)CCN(C(=O)OC(C)(C)C)CC4)cc1)n2S(=O)(=O)c1ccccc1. The van der Waals surface area contributed by atoms with Crippen molar-refractivity contribution in [3.8, 4) is 22.5 Å². The van der Waals surface area contributed by atoms with Gasteiger partial charge in [0.05, 0.1) is 22.4 Å². The van der Waals surface area contributed by atoms with E-state index in [2.05, 4.69) is 34.0 Å². The number of hydrogen-bond acceptors (Lipinski definition) is 9. The van der Waals surface area contributed by atoms with E-state index in [9.17, 15) is 23.1 Å². The molecule has 1 spiro atoms. The standard InChI is InChI=1S/C49H60FN7O6S/c1-32(2)24-36-29-56(30-43(36)58)46(59)53-41-26-37(50)25-39(33(41)3)44-40-27-42(57(45(40)52-31-51-44)64(61,62)38-10-8-7-9-11-38)35-14-12-34(13-15-35)28-54-20-16-49(17-21-54)18-22-55(23-19-49)47(60)63-48(4,5)6/h7-15,25-27,31-32,36,43,58H,16-24,28-30H2,1-6H3,(H,53,59)/t36-,43-/m1/s1. The van der Waals surface area contributed by atoms with Gasteiger partial charge in [-0.2, -0.15) is 0 Å². The second-order valence-corrected chi connectivity index (χ2v) is 21.2. The minimum Gasteiger partial charge on any atom is -0.444 e. The van der Waals surface area contributed by atoms with Crippen molar-refractivity contribution in [1.82, 2.24) is 28.6 Å². The Hall–Kier alpha value is -5.38. The number of urea groups is 1. The van der Waals surface area contributed by atoms with Crippen LogP contribution in [-0.2, 0) is 21.3 Å².